The van der Waals surface area contributed by atoms with Crippen molar-refractivity contribution in [1.82, 2.24) is 4.98 Å². The van der Waals surface area contributed by atoms with E-state index in [9.17, 15) is 4.57 Å². The van der Waals surface area contributed by atoms with Crippen molar-refractivity contribution < 1.29 is 13.6 Å². The summed E-state index contributed by atoms with van der Waals surface area (Å²) in [6.07, 6.45) is 0. The van der Waals surface area contributed by atoms with Gasteiger partial charge in [-0.3, -0.25) is 0 Å². The number of halogens is 3. The first kappa shape index (κ1) is 14.1. The second-order valence-corrected chi connectivity index (χ2v) is 5.98. The first-order chi connectivity index (χ1) is 7.35. The number of hydrogen-bond donors (Lipinski definition) is 0. The minimum atomic E-state index is -3.22. The summed E-state index contributed by atoms with van der Waals surface area (Å²) in [5, 5.41) is 0.343. The number of nitrogens with zero attached hydrogens (tertiary/aromatic N) is 1. The zero-order valence-electron chi connectivity index (χ0n) is 8.54. The maximum absolute atomic E-state index is 11.7. The van der Waals surface area contributed by atoms with Crippen LogP contribution in [0.3, 0.4) is 0 Å². The van der Waals surface area contributed by atoms with Gasteiger partial charge in [0.15, 0.2) is 5.15 Å². The molecule has 0 radical (unpaired) electrons. The van der Waals surface area contributed by atoms with Gasteiger partial charge in [0.1, 0.15) is 5.02 Å². The average molecular weight is 304 g/mol. The minimum Gasteiger partial charge on any atom is -0.404 e. The Morgan fingerprint density at radius 2 is 2.00 bits per heavy atom. The molecule has 1 aromatic heterocycles. The molecule has 0 aromatic carbocycles. The smallest absolute Gasteiger partial charge is 0.377 e. The lowest BCUT2D eigenvalue weighted by molar-refractivity contribution is 0.282. The summed E-state index contributed by atoms with van der Waals surface area (Å²) in [5.41, 5.74) is 0. The van der Waals surface area contributed by atoms with Crippen LogP contribution in [0.1, 0.15) is 6.92 Å². The van der Waals surface area contributed by atoms with E-state index in [1.165, 1.54) is 12.7 Å². The maximum atomic E-state index is 11.7. The molecule has 0 amide bonds. The Kier molecular flexibility index (Phi) is 4.89. The number of pyridine rings is 1. The Hall–Kier alpha value is 0.01000. The van der Waals surface area contributed by atoms with E-state index in [-0.39, 0.29) is 27.7 Å². The van der Waals surface area contributed by atoms with Gasteiger partial charge < -0.3 is 9.05 Å². The summed E-state index contributed by atoms with van der Waals surface area (Å²) in [4.78, 5) is 3.77. The molecule has 16 heavy (non-hydrogen) atoms. The molecule has 0 bridgehead atoms. The van der Waals surface area contributed by atoms with Gasteiger partial charge in [-0.25, -0.2) is 4.57 Å². The predicted octanol–water partition coefficient (Wildman–Crippen LogP) is 4.28. The van der Waals surface area contributed by atoms with Crippen molar-refractivity contribution in [3.8, 4) is 5.88 Å². The third-order valence-electron chi connectivity index (χ3n) is 1.47. The van der Waals surface area contributed by atoms with E-state index in [1.54, 1.807) is 6.92 Å². The van der Waals surface area contributed by atoms with Crippen LogP contribution in [0.5, 0.6) is 5.88 Å². The number of hydrogen-bond acceptors (Lipinski definition) is 4. The number of rotatable bonds is 4. The van der Waals surface area contributed by atoms with Gasteiger partial charge in [0, 0.05) is 6.66 Å². The second-order valence-electron chi connectivity index (χ2n) is 2.83. The fourth-order valence-electron chi connectivity index (χ4n) is 0.910. The van der Waals surface area contributed by atoms with Crippen LogP contribution >= 0.6 is 42.4 Å². The molecule has 1 unspecified atom stereocenters. The molecule has 0 aliphatic heterocycles. The van der Waals surface area contributed by atoms with Gasteiger partial charge in [0.2, 0.25) is 5.88 Å². The van der Waals surface area contributed by atoms with Crippen LogP contribution in [0.2, 0.25) is 15.2 Å². The Morgan fingerprint density at radius 1 is 1.38 bits per heavy atom. The molecule has 1 rings (SSSR count). The Balaban J connectivity index is 2.98. The van der Waals surface area contributed by atoms with E-state index in [0.717, 1.165) is 0 Å². The molecule has 1 aromatic rings. The van der Waals surface area contributed by atoms with Gasteiger partial charge in [-0.2, -0.15) is 4.98 Å². The largest absolute Gasteiger partial charge is 0.404 e. The zero-order chi connectivity index (χ0) is 12.3. The van der Waals surface area contributed by atoms with Crippen molar-refractivity contribution in [2.24, 2.45) is 0 Å². The fourth-order valence-corrected chi connectivity index (χ4v) is 2.47. The molecule has 0 aliphatic rings. The van der Waals surface area contributed by atoms with Crippen LogP contribution in [-0.2, 0) is 9.09 Å². The highest BCUT2D eigenvalue weighted by Gasteiger charge is 2.21. The van der Waals surface area contributed by atoms with Crippen molar-refractivity contribution in [3.05, 3.63) is 21.3 Å². The molecule has 0 N–H and O–H groups in total. The molecule has 1 atom stereocenters. The van der Waals surface area contributed by atoms with Crippen LogP contribution in [0.15, 0.2) is 6.07 Å². The molecule has 0 aliphatic carbocycles. The zero-order valence-corrected chi connectivity index (χ0v) is 11.7. The van der Waals surface area contributed by atoms with Crippen LogP contribution in [0.4, 0.5) is 0 Å². The monoisotopic (exact) mass is 303 g/mol. The lowest BCUT2D eigenvalue weighted by Crippen LogP contribution is -1.98. The topological polar surface area (TPSA) is 48.4 Å². The summed E-state index contributed by atoms with van der Waals surface area (Å²) >= 11 is 17.2. The van der Waals surface area contributed by atoms with E-state index < -0.39 is 7.60 Å². The normalized spacial score (nSPS) is 14.6. The van der Waals surface area contributed by atoms with Gasteiger partial charge in [-0.05, 0) is 13.0 Å². The lowest BCUT2D eigenvalue weighted by atomic mass is 10.5. The summed E-state index contributed by atoms with van der Waals surface area (Å²) in [5.74, 6) is -0.0599. The highest BCUT2D eigenvalue weighted by Crippen LogP contribution is 2.46. The molecule has 8 heteroatoms. The van der Waals surface area contributed by atoms with Crippen LogP contribution in [0, 0.1) is 0 Å². The molecule has 0 saturated heterocycles. The van der Waals surface area contributed by atoms with E-state index >= 15 is 0 Å². The first-order valence-electron chi connectivity index (χ1n) is 4.29. The standard InChI is InChI=1S/C8H9Cl3NO3P/c1-3-14-16(2,13)15-8-6(10)4-5(9)7(11)12-8/h4H,3H2,1-2H3. The molecule has 90 valence electrons. The van der Waals surface area contributed by atoms with Gasteiger partial charge in [-0.1, -0.05) is 34.8 Å². The van der Waals surface area contributed by atoms with Crippen molar-refractivity contribution in [2.75, 3.05) is 13.3 Å². The Labute approximate surface area is 108 Å². The van der Waals surface area contributed by atoms with Gasteiger partial charge in [-0.15, -0.1) is 0 Å². The van der Waals surface area contributed by atoms with Crippen LogP contribution < -0.4 is 4.52 Å². The Morgan fingerprint density at radius 3 is 2.56 bits per heavy atom. The molecule has 0 fully saturated rings. The summed E-state index contributed by atoms with van der Waals surface area (Å²) in [6, 6.07) is 1.36. The van der Waals surface area contributed by atoms with Crippen LogP contribution in [-0.4, -0.2) is 18.3 Å². The molecule has 0 saturated carbocycles. The summed E-state index contributed by atoms with van der Waals surface area (Å²) in [7, 11) is -3.22. The lowest BCUT2D eigenvalue weighted by Gasteiger charge is -2.14. The van der Waals surface area contributed by atoms with Gasteiger partial charge in [0.25, 0.3) is 0 Å². The Bertz CT molecular complexity index is 441. The van der Waals surface area contributed by atoms with Crippen molar-refractivity contribution >= 4 is 42.4 Å². The SMILES string of the molecule is CCOP(C)(=O)Oc1nc(Cl)c(Cl)cc1Cl. The van der Waals surface area contributed by atoms with Crippen LogP contribution in [0.25, 0.3) is 0 Å². The fraction of sp³-hybridized carbons (Fsp3) is 0.375. The molecule has 0 spiro atoms. The van der Waals surface area contributed by atoms with E-state index in [0.29, 0.717) is 0 Å². The van der Waals surface area contributed by atoms with E-state index in [1.807, 2.05) is 0 Å². The minimum absolute atomic E-state index is 0.0255. The van der Waals surface area contributed by atoms with Crippen molar-refractivity contribution in [1.29, 1.82) is 0 Å². The summed E-state index contributed by atoms with van der Waals surface area (Å²) in [6.45, 7) is 3.27. The van der Waals surface area contributed by atoms with Gasteiger partial charge >= 0.3 is 7.60 Å². The predicted molar refractivity (Wildman–Crippen MR) is 65.1 cm³/mol. The molecule has 1 heterocycles. The average Bonchev–Trinajstić information content (AvgIpc) is 2.13. The summed E-state index contributed by atoms with van der Waals surface area (Å²) < 4.78 is 21.7. The van der Waals surface area contributed by atoms with Crippen molar-refractivity contribution in [3.63, 3.8) is 0 Å². The molecular formula is C8H9Cl3NO3P. The quantitative estimate of drug-likeness (QED) is 0.615. The third kappa shape index (κ3) is 3.79. The van der Waals surface area contributed by atoms with E-state index in [2.05, 4.69) is 4.98 Å². The van der Waals surface area contributed by atoms with E-state index in [4.69, 9.17) is 43.9 Å². The molecule has 4 nitrogen and oxygen atoms in total. The maximum Gasteiger partial charge on any atom is 0.377 e. The molecular weight excluding hydrogens is 295 g/mol. The van der Waals surface area contributed by atoms with Gasteiger partial charge in [0.05, 0.1) is 11.6 Å². The number of aromatic nitrogens is 1. The second kappa shape index (κ2) is 5.56. The first-order valence-corrected chi connectivity index (χ1v) is 7.41. The van der Waals surface area contributed by atoms with Crippen molar-refractivity contribution in [2.45, 2.75) is 6.92 Å². The highest BCUT2D eigenvalue weighted by molar-refractivity contribution is 7.53. The third-order valence-corrected chi connectivity index (χ3v) is 3.65. The highest BCUT2D eigenvalue weighted by atomic mass is 35.5.